The minimum absolute atomic E-state index is 0.151. The lowest BCUT2D eigenvalue weighted by atomic mass is 10.0. The molecule has 0 radical (unpaired) electrons. The van der Waals surface area contributed by atoms with Crippen LogP contribution in [-0.2, 0) is 5.54 Å². The highest BCUT2D eigenvalue weighted by Crippen LogP contribution is 2.47. The Balaban J connectivity index is 1.92. The molecule has 2 saturated carbocycles. The molecule has 1 aromatic carbocycles. The lowest BCUT2D eigenvalue weighted by Crippen LogP contribution is -2.21. The molecule has 0 saturated heterocycles. The second-order valence-corrected chi connectivity index (χ2v) is 5.17. The van der Waals surface area contributed by atoms with Crippen LogP contribution in [0, 0.1) is 17.6 Å². The number of hydrogen-bond donors (Lipinski definition) is 1. The largest absolute Gasteiger partial charge is 0.490 e. The molecule has 0 spiro atoms. The van der Waals surface area contributed by atoms with Crippen LogP contribution in [0.4, 0.5) is 8.78 Å². The summed E-state index contributed by atoms with van der Waals surface area (Å²) in [6, 6.07) is 2.16. The normalized spacial score (nSPS) is 21.4. The first kappa shape index (κ1) is 11.0. The van der Waals surface area contributed by atoms with E-state index in [4.69, 9.17) is 10.5 Å². The third kappa shape index (κ3) is 2.14. The molecule has 17 heavy (non-hydrogen) atoms. The van der Waals surface area contributed by atoms with E-state index < -0.39 is 17.2 Å². The van der Waals surface area contributed by atoms with Gasteiger partial charge in [-0.15, -0.1) is 0 Å². The fraction of sp³-hybridized carbons (Fsp3) is 0.538. The second-order valence-electron chi connectivity index (χ2n) is 5.17. The van der Waals surface area contributed by atoms with Gasteiger partial charge in [-0.25, -0.2) is 8.78 Å². The Bertz CT molecular complexity index is 453. The van der Waals surface area contributed by atoms with Crippen LogP contribution in [0.1, 0.15) is 31.2 Å². The summed E-state index contributed by atoms with van der Waals surface area (Å²) in [5.41, 5.74) is 5.92. The Morgan fingerprint density at radius 1 is 1.29 bits per heavy atom. The van der Waals surface area contributed by atoms with Gasteiger partial charge in [0.1, 0.15) is 5.82 Å². The lowest BCUT2D eigenvalue weighted by Gasteiger charge is -2.16. The van der Waals surface area contributed by atoms with Gasteiger partial charge >= 0.3 is 0 Å². The van der Waals surface area contributed by atoms with E-state index in [0.29, 0.717) is 18.1 Å². The van der Waals surface area contributed by atoms with E-state index in [1.165, 1.54) is 6.07 Å². The molecule has 2 N–H and O–H groups in total. The summed E-state index contributed by atoms with van der Waals surface area (Å²) < 4.78 is 32.4. The first-order valence-corrected chi connectivity index (χ1v) is 6.00. The van der Waals surface area contributed by atoms with Gasteiger partial charge in [0.15, 0.2) is 11.6 Å². The summed E-state index contributed by atoms with van der Waals surface area (Å²) in [5, 5.41) is 0. The smallest absolute Gasteiger partial charge is 0.168 e. The van der Waals surface area contributed by atoms with Crippen molar-refractivity contribution < 1.29 is 13.5 Å². The zero-order chi connectivity index (χ0) is 12.0. The number of benzene rings is 1. The molecule has 1 aromatic rings. The van der Waals surface area contributed by atoms with Crippen molar-refractivity contribution in [3.63, 3.8) is 0 Å². The van der Waals surface area contributed by atoms with Crippen LogP contribution in [-0.4, -0.2) is 6.61 Å². The topological polar surface area (TPSA) is 35.2 Å². The van der Waals surface area contributed by atoms with E-state index in [1.807, 2.05) is 0 Å². The van der Waals surface area contributed by atoms with Crippen LogP contribution in [0.3, 0.4) is 0 Å². The predicted octanol–water partition coefficient (Wildman–Crippen LogP) is 2.70. The summed E-state index contributed by atoms with van der Waals surface area (Å²) in [4.78, 5) is 0. The highest BCUT2D eigenvalue weighted by Gasteiger charge is 2.43. The molecule has 0 unspecified atom stereocenters. The monoisotopic (exact) mass is 239 g/mol. The minimum atomic E-state index is -0.641. The van der Waals surface area contributed by atoms with E-state index in [0.717, 1.165) is 31.7 Å². The minimum Gasteiger partial charge on any atom is -0.490 e. The van der Waals surface area contributed by atoms with E-state index in [1.54, 1.807) is 0 Å². The molecule has 2 aliphatic carbocycles. The predicted molar refractivity (Wildman–Crippen MR) is 59.7 cm³/mol. The van der Waals surface area contributed by atoms with Gasteiger partial charge in [0.2, 0.25) is 0 Å². The first-order chi connectivity index (χ1) is 8.08. The molecule has 92 valence electrons. The standard InChI is InChI=1S/C13H15F2NO/c14-9-5-10(13(16)3-4-13)12(11(15)6-9)17-7-8-1-2-8/h5-6,8H,1-4,7,16H2. The average Bonchev–Trinajstić information content (AvgIpc) is 3.13. The summed E-state index contributed by atoms with van der Waals surface area (Å²) in [6.45, 7) is 0.506. The summed E-state index contributed by atoms with van der Waals surface area (Å²) in [7, 11) is 0. The van der Waals surface area contributed by atoms with Gasteiger partial charge in [0.05, 0.1) is 6.61 Å². The molecule has 0 atom stereocenters. The van der Waals surface area contributed by atoms with Crippen molar-refractivity contribution in [2.24, 2.45) is 11.7 Å². The fourth-order valence-corrected chi connectivity index (χ4v) is 1.97. The second kappa shape index (κ2) is 3.67. The van der Waals surface area contributed by atoms with Gasteiger partial charge in [-0.1, -0.05) is 0 Å². The fourth-order valence-electron chi connectivity index (χ4n) is 1.97. The van der Waals surface area contributed by atoms with Crippen molar-refractivity contribution in [1.29, 1.82) is 0 Å². The maximum atomic E-state index is 13.7. The molecule has 0 aliphatic heterocycles. The number of rotatable bonds is 4. The molecule has 0 bridgehead atoms. The summed E-state index contributed by atoms with van der Waals surface area (Å²) >= 11 is 0. The average molecular weight is 239 g/mol. The van der Waals surface area contributed by atoms with Crippen molar-refractivity contribution in [2.45, 2.75) is 31.2 Å². The van der Waals surface area contributed by atoms with Gasteiger partial charge in [-0.2, -0.15) is 0 Å². The third-order valence-electron chi connectivity index (χ3n) is 3.49. The summed E-state index contributed by atoms with van der Waals surface area (Å²) in [6.07, 6.45) is 3.78. The highest BCUT2D eigenvalue weighted by atomic mass is 19.1. The molecule has 2 nitrogen and oxygen atoms in total. The molecule has 2 aliphatic rings. The lowest BCUT2D eigenvalue weighted by molar-refractivity contribution is 0.278. The van der Waals surface area contributed by atoms with E-state index in [-0.39, 0.29) is 5.75 Å². The maximum absolute atomic E-state index is 13.7. The number of nitrogens with two attached hydrogens (primary N) is 1. The highest BCUT2D eigenvalue weighted by molar-refractivity contribution is 5.43. The van der Waals surface area contributed by atoms with Crippen LogP contribution in [0.25, 0.3) is 0 Å². The molecule has 0 amide bonds. The number of hydrogen-bond acceptors (Lipinski definition) is 2. The van der Waals surface area contributed by atoms with Gasteiger partial charge in [-0.05, 0) is 37.7 Å². The Morgan fingerprint density at radius 2 is 2.00 bits per heavy atom. The van der Waals surface area contributed by atoms with Gasteiger partial charge in [0, 0.05) is 17.2 Å². The quantitative estimate of drug-likeness (QED) is 0.876. The zero-order valence-electron chi connectivity index (χ0n) is 9.51. The Hall–Kier alpha value is -1.16. The maximum Gasteiger partial charge on any atom is 0.168 e. The molecule has 4 heteroatoms. The van der Waals surface area contributed by atoms with Gasteiger partial charge < -0.3 is 10.5 Å². The van der Waals surface area contributed by atoms with E-state index in [9.17, 15) is 8.78 Å². The van der Waals surface area contributed by atoms with Crippen molar-refractivity contribution in [2.75, 3.05) is 6.61 Å². The third-order valence-corrected chi connectivity index (χ3v) is 3.49. The number of halogens is 2. The van der Waals surface area contributed by atoms with E-state index >= 15 is 0 Å². The van der Waals surface area contributed by atoms with Gasteiger partial charge in [-0.3, -0.25) is 0 Å². The van der Waals surface area contributed by atoms with Crippen molar-refractivity contribution in [3.8, 4) is 5.75 Å². The van der Waals surface area contributed by atoms with Crippen LogP contribution in [0.2, 0.25) is 0 Å². The molecule has 0 heterocycles. The van der Waals surface area contributed by atoms with Crippen molar-refractivity contribution in [3.05, 3.63) is 29.3 Å². The first-order valence-electron chi connectivity index (χ1n) is 6.00. The van der Waals surface area contributed by atoms with Crippen molar-refractivity contribution in [1.82, 2.24) is 0 Å². The number of ether oxygens (including phenoxy) is 1. The SMILES string of the molecule is NC1(c2cc(F)cc(F)c2OCC2CC2)CC1. The molecule has 3 rings (SSSR count). The van der Waals surface area contributed by atoms with Gasteiger partial charge in [0.25, 0.3) is 0 Å². The molecule has 2 fully saturated rings. The van der Waals surface area contributed by atoms with Crippen LogP contribution in [0.15, 0.2) is 12.1 Å². The Labute approximate surface area is 98.8 Å². The van der Waals surface area contributed by atoms with Crippen LogP contribution in [0.5, 0.6) is 5.75 Å². The van der Waals surface area contributed by atoms with Crippen molar-refractivity contribution >= 4 is 0 Å². The van der Waals surface area contributed by atoms with Crippen LogP contribution >= 0.6 is 0 Å². The Kier molecular flexibility index (Phi) is 2.36. The zero-order valence-corrected chi connectivity index (χ0v) is 9.51. The molecular formula is C13H15F2NO. The molecule has 0 aromatic heterocycles. The van der Waals surface area contributed by atoms with Crippen LogP contribution < -0.4 is 10.5 Å². The molecular weight excluding hydrogens is 224 g/mol. The summed E-state index contributed by atoms with van der Waals surface area (Å²) in [5.74, 6) is -0.552. The Morgan fingerprint density at radius 3 is 2.59 bits per heavy atom. The van der Waals surface area contributed by atoms with E-state index in [2.05, 4.69) is 0 Å².